The summed E-state index contributed by atoms with van der Waals surface area (Å²) in [7, 11) is 0. The van der Waals surface area contributed by atoms with E-state index in [9.17, 15) is 0 Å². The second-order valence-electron chi connectivity index (χ2n) is 7.85. The third-order valence-corrected chi connectivity index (χ3v) is 6.69. The van der Waals surface area contributed by atoms with Crippen molar-refractivity contribution in [3.05, 3.63) is 11.6 Å². The molecule has 3 heteroatoms. The van der Waals surface area contributed by atoms with Crippen LogP contribution in [0.4, 0.5) is 0 Å². The number of hydrogen-bond donors (Lipinski definition) is 0. The van der Waals surface area contributed by atoms with E-state index in [0.717, 1.165) is 6.61 Å². The first-order valence-electron chi connectivity index (χ1n) is 8.02. The van der Waals surface area contributed by atoms with E-state index in [0.29, 0.717) is 11.8 Å². The molecular formula is C17H27IO2. The minimum atomic E-state index is -0.0593. The van der Waals surface area contributed by atoms with Crippen LogP contribution in [-0.4, -0.2) is 17.8 Å². The van der Waals surface area contributed by atoms with Crippen LogP contribution in [0.3, 0.4) is 0 Å². The molecule has 0 N–H and O–H groups in total. The van der Waals surface area contributed by atoms with E-state index < -0.39 is 0 Å². The van der Waals surface area contributed by atoms with Gasteiger partial charge < -0.3 is 7.80 Å². The van der Waals surface area contributed by atoms with Crippen molar-refractivity contribution in [2.75, 3.05) is 6.61 Å². The molecule has 1 saturated heterocycles. The molecule has 2 nitrogen and oxygen atoms in total. The molecule has 0 aromatic carbocycles. The molecule has 2 fully saturated rings. The topological polar surface area (TPSA) is 18.5 Å². The number of hydrogen-bond acceptors (Lipinski definition) is 2. The van der Waals surface area contributed by atoms with Crippen molar-refractivity contribution < 1.29 is 7.80 Å². The molecule has 1 aliphatic heterocycles. The molecular weight excluding hydrogens is 363 g/mol. The summed E-state index contributed by atoms with van der Waals surface area (Å²) in [5.74, 6) is 1.39. The summed E-state index contributed by atoms with van der Waals surface area (Å²) in [5.41, 5.74) is 1.66. The Bertz CT molecular complexity index is 431. The van der Waals surface area contributed by atoms with Gasteiger partial charge in [-0.1, -0.05) is 19.9 Å². The fraction of sp³-hybridized carbons (Fsp3) is 0.882. The SMILES string of the molecule is CCC1C=C(COI)C23CC(CC[C@]2(C)C1)C(C)(C)O3. The Morgan fingerprint density at radius 3 is 2.75 bits per heavy atom. The standard InChI is InChI=1S/C17H27IO2/c1-5-12-8-14(11-19-18)17-10-13(15(2,3)20-17)6-7-16(17,4)9-12/h8,12-13H,5-7,9-11H2,1-4H3/t12?,13?,16-,17?/m1/s1. The van der Waals surface area contributed by atoms with Gasteiger partial charge in [0.2, 0.25) is 0 Å². The van der Waals surface area contributed by atoms with Crippen LogP contribution in [-0.2, 0) is 7.80 Å². The summed E-state index contributed by atoms with van der Waals surface area (Å²) in [6.45, 7) is 10.1. The van der Waals surface area contributed by atoms with Gasteiger partial charge in [0.1, 0.15) is 23.0 Å². The van der Waals surface area contributed by atoms with Gasteiger partial charge in [0.15, 0.2) is 0 Å². The Morgan fingerprint density at radius 1 is 1.35 bits per heavy atom. The summed E-state index contributed by atoms with van der Waals surface area (Å²) in [5, 5.41) is 0. The first-order chi connectivity index (χ1) is 9.37. The molecule has 3 unspecified atom stereocenters. The van der Waals surface area contributed by atoms with Gasteiger partial charge in [-0.05, 0) is 63.4 Å². The van der Waals surface area contributed by atoms with E-state index in [1.54, 1.807) is 0 Å². The highest BCUT2D eigenvalue weighted by Gasteiger charge is 2.65. The Kier molecular flexibility index (Phi) is 3.79. The summed E-state index contributed by atoms with van der Waals surface area (Å²) < 4.78 is 12.3. The van der Waals surface area contributed by atoms with Crippen molar-refractivity contribution in [1.29, 1.82) is 0 Å². The first kappa shape index (κ1) is 15.3. The van der Waals surface area contributed by atoms with Crippen molar-refractivity contribution in [3.63, 3.8) is 0 Å². The third kappa shape index (κ3) is 2.03. The van der Waals surface area contributed by atoms with Gasteiger partial charge in [-0.2, -0.15) is 0 Å². The molecule has 3 aliphatic rings. The largest absolute Gasteiger partial charge is 0.364 e. The Hall–Kier alpha value is 0.390. The lowest BCUT2D eigenvalue weighted by Crippen LogP contribution is -2.53. The molecule has 1 saturated carbocycles. The summed E-state index contributed by atoms with van der Waals surface area (Å²) >= 11 is 2.03. The van der Waals surface area contributed by atoms with Crippen molar-refractivity contribution >= 4 is 23.0 Å². The van der Waals surface area contributed by atoms with Crippen LogP contribution < -0.4 is 0 Å². The normalized spacial score (nSPS) is 46.0. The van der Waals surface area contributed by atoms with Gasteiger partial charge in [-0.25, -0.2) is 0 Å². The average molecular weight is 390 g/mol. The quantitative estimate of drug-likeness (QED) is 0.495. The van der Waals surface area contributed by atoms with Gasteiger partial charge in [0.05, 0.1) is 17.8 Å². The highest BCUT2D eigenvalue weighted by molar-refractivity contribution is 14.1. The Morgan fingerprint density at radius 2 is 2.10 bits per heavy atom. The highest BCUT2D eigenvalue weighted by Crippen LogP contribution is 2.65. The smallest absolute Gasteiger partial charge is 0.110 e. The van der Waals surface area contributed by atoms with Crippen molar-refractivity contribution in [3.8, 4) is 0 Å². The number of rotatable bonds is 3. The van der Waals surface area contributed by atoms with E-state index in [1.807, 2.05) is 23.0 Å². The molecule has 0 amide bonds. The van der Waals surface area contributed by atoms with Gasteiger partial charge in [-0.15, -0.1) is 0 Å². The predicted octanol–water partition coefficient (Wildman–Crippen LogP) is 5.06. The van der Waals surface area contributed by atoms with E-state index in [4.69, 9.17) is 7.80 Å². The molecule has 1 heterocycles. The lowest BCUT2D eigenvalue weighted by atomic mass is 9.54. The van der Waals surface area contributed by atoms with E-state index in [2.05, 4.69) is 33.8 Å². The lowest BCUT2D eigenvalue weighted by Gasteiger charge is -2.53. The van der Waals surface area contributed by atoms with Gasteiger partial charge >= 0.3 is 0 Å². The molecule has 2 bridgehead atoms. The molecule has 1 spiro atoms. The zero-order chi connectivity index (χ0) is 14.6. The number of ether oxygens (including phenoxy) is 1. The third-order valence-electron chi connectivity index (χ3n) is 6.38. The molecule has 114 valence electrons. The maximum absolute atomic E-state index is 6.77. The van der Waals surface area contributed by atoms with Crippen LogP contribution in [0, 0.1) is 17.3 Å². The average Bonchev–Trinajstić information content (AvgIpc) is 2.62. The summed E-state index contributed by atoms with van der Waals surface area (Å²) in [6, 6.07) is 0. The van der Waals surface area contributed by atoms with Crippen molar-refractivity contribution in [2.45, 2.75) is 71.0 Å². The highest BCUT2D eigenvalue weighted by atomic mass is 127. The molecule has 0 aromatic rings. The minimum Gasteiger partial charge on any atom is -0.364 e. The zero-order valence-electron chi connectivity index (χ0n) is 13.2. The Labute approximate surface area is 137 Å². The number of halogens is 1. The number of allylic oxidation sites excluding steroid dienone is 1. The molecule has 3 rings (SSSR count). The molecule has 20 heavy (non-hydrogen) atoms. The second-order valence-corrected chi connectivity index (χ2v) is 8.47. The van der Waals surface area contributed by atoms with E-state index >= 15 is 0 Å². The Balaban J connectivity index is 2.07. The second kappa shape index (κ2) is 4.95. The maximum atomic E-state index is 6.77. The van der Waals surface area contributed by atoms with Crippen LogP contribution >= 0.6 is 23.0 Å². The van der Waals surface area contributed by atoms with Crippen LogP contribution in [0.1, 0.15) is 59.8 Å². The van der Waals surface area contributed by atoms with Crippen LogP contribution in [0.5, 0.6) is 0 Å². The zero-order valence-corrected chi connectivity index (χ0v) is 15.3. The van der Waals surface area contributed by atoms with Gasteiger partial charge in [0.25, 0.3) is 0 Å². The summed E-state index contributed by atoms with van der Waals surface area (Å²) in [4.78, 5) is 0. The van der Waals surface area contributed by atoms with Crippen LogP contribution in [0.15, 0.2) is 11.6 Å². The molecule has 0 aromatic heterocycles. The number of fused-ring (bicyclic) bond motifs is 1. The van der Waals surface area contributed by atoms with Crippen molar-refractivity contribution in [1.82, 2.24) is 0 Å². The lowest BCUT2D eigenvalue weighted by molar-refractivity contribution is -0.138. The van der Waals surface area contributed by atoms with Crippen molar-refractivity contribution in [2.24, 2.45) is 17.3 Å². The van der Waals surface area contributed by atoms with Crippen LogP contribution in [0.2, 0.25) is 0 Å². The maximum Gasteiger partial charge on any atom is 0.110 e. The first-order valence-corrected chi connectivity index (χ1v) is 8.90. The molecule has 2 aliphatic carbocycles. The van der Waals surface area contributed by atoms with Gasteiger partial charge in [0, 0.05) is 5.41 Å². The van der Waals surface area contributed by atoms with Crippen LogP contribution in [0.25, 0.3) is 0 Å². The molecule has 4 atom stereocenters. The predicted molar refractivity (Wildman–Crippen MR) is 89.8 cm³/mol. The minimum absolute atomic E-state index is 0.0151. The summed E-state index contributed by atoms with van der Waals surface area (Å²) in [6.07, 6.45) is 8.79. The monoisotopic (exact) mass is 390 g/mol. The fourth-order valence-electron chi connectivity index (χ4n) is 5.07. The van der Waals surface area contributed by atoms with Gasteiger partial charge in [-0.3, -0.25) is 0 Å². The van der Waals surface area contributed by atoms with E-state index in [1.165, 1.54) is 37.7 Å². The molecule has 0 radical (unpaired) electrons. The fourth-order valence-corrected chi connectivity index (χ4v) is 5.41. The van der Waals surface area contributed by atoms with E-state index in [-0.39, 0.29) is 16.6 Å².